The third-order valence-electron chi connectivity index (χ3n) is 2.28. The Balaban J connectivity index is 2.61. The first kappa shape index (κ1) is 11.8. The van der Waals surface area contributed by atoms with E-state index in [2.05, 4.69) is 5.32 Å². The summed E-state index contributed by atoms with van der Waals surface area (Å²) in [6.45, 7) is 1.36. The van der Waals surface area contributed by atoms with Crippen molar-refractivity contribution in [3.05, 3.63) is 40.2 Å². The number of hydrogen-bond donors (Lipinski definition) is 2. The Morgan fingerprint density at radius 3 is 2.61 bits per heavy atom. The van der Waals surface area contributed by atoms with Gasteiger partial charge in [0.05, 0.1) is 0 Å². The number of hydrogen-bond acceptors (Lipinski definition) is 4. The van der Waals surface area contributed by atoms with Gasteiger partial charge in [0.1, 0.15) is 11.1 Å². The molecule has 2 aromatic rings. The Labute approximate surface area is 101 Å². The number of rotatable bonds is 2. The van der Waals surface area contributed by atoms with Gasteiger partial charge in [-0.05, 0) is 24.3 Å². The van der Waals surface area contributed by atoms with Gasteiger partial charge in [-0.25, -0.2) is 9.59 Å². The van der Waals surface area contributed by atoms with Crippen LogP contribution in [0.2, 0.25) is 0 Å². The monoisotopic (exact) mass is 247 g/mol. The minimum Gasteiger partial charge on any atom is -0.477 e. The average Bonchev–Trinajstić information content (AvgIpc) is 2.27. The minimum atomic E-state index is -1.35. The topological polar surface area (TPSA) is 96.6 Å². The van der Waals surface area contributed by atoms with Crippen molar-refractivity contribution >= 4 is 28.5 Å². The highest BCUT2D eigenvalue weighted by molar-refractivity contribution is 5.94. The number of carboxylic acid groups (broad SMARTS) is 1. The molecule has 1 aromatic heterocycles. The minimum absolute atomic E-state index is 0.245. The summed E-state index contributed by atoms with van der Waals surface area (Å²) in [5.41, 5.74) is -0.580. The summed E-state index contributed by atoms with van der Waals surface area (Å²) in [7, 11) is 0. The number of carbonyl (C=O) groups is 2. The van der Waals surface area contributed by atoms with E-state index in [1.807, 2.05) is 0 Å². The van der Waals surface area contributed by atoms with Gasteiger partial charge < -0.3 is 14.8 Å². The molecule has 1 amide bonds. The number of aromatic carboxylic acids is 1. The maximum absolute atomic E-state index is 11.3. The van der Waals surface area contributed by atoms with Gasteiger partial charge in [0.2, 0.25) is 5.91 Å². The molecular weight excluding hydrogens is 238 g/mol. The maximum Gasteiger partial charge on any atom is 0.351 e. The Morgan fingerprint density at radius 2 is 2.00 bits per heavy atom. The van der Waals surface area contributed by atoms with E-state index in [1.165, 1.54) is 25.1 Å². The molecule has 18 heavy (non-hydrogen) atoms. The van der Waals surface area contributed by atoms with Crippen LogP contribution in [0, 0.1) is 0 Å². The van der Waals surface area contributed by atoms with Crippen LogP contribution in [-0.2, 0) is 4.79 Å². The lowest BCUT2D eigenvalue weighted by molar-refractivity contribution is -0.114. The highest BCUT2D eigenvalue weighted by Crippen LogP contribution is 2.18. The molecule has 6 heteroatoms. The fourth-order valence-electron chi connectivity index (χ4n) is 1.55. The zero-order chi connectivity index (χ0) is 13.3. The lowest BCUT2D eigenvalue weighted by Gasteiger charge is -2.03. The van der Waals surface area contributed by atoms with Crippen molar-refractivity contribution in [2.24, 2.45) is 0 Å². The first-order chi connectivity index (χ1) is 8.47. The fraction of sp³-hybridized carbons (Fsp3) is 0.0833. The summed E-state index contributed by atoms with van der Waals surface area (Å²) in [5, 5.41) is 11.8. The molecule has 0 radical (unpaired) electrons. The van der Waals surface area contributed by atoms with E-state index in [4.69, 9.17) is 9.52 Å². The smallest absolute Gasteiger partial charge is 0.351 e. The van der Waals surface area contributed by atoms with Crippen LogP contribution >= 0.6 is 0 Å². The van der Waals surface area contributed by atoms with Crippen molar-refractivity contribution in [3.63, 3.8) is 0 Å². The van der Waals surface area contributed by atoms with Crippen LogP contribution < -0.4 is 10.9 Å². The summed E-state index contributed by atoms with van der Waals surface area (Å²) >= 11 is 0. The Kier molecular flexibility index (Phi) is 2.85. The van der Waals surface area contributed by atoms with E-state index < -0.39 is 17.2 Å². The average molecular weight is 247 g/mol. The predicted molar refractivity (Wildman–Crippen MR) is 63.7 cm³/mol. The number of carboxylic acids is 1. The molecule has 0 atom stereocenters. The van der Waals surface area contributed by atoms with Crippen molar-refractivity contribution in [2.45, 2.75) is 6.92 Å². The largest absolute Gasteiger partial charge is 0.477 e. The summed E-state index contributed by atoms with van der Waals surface area (Å²) in [5.74, 6) is -1.60. The number of carbonyl (C=O) groups excluding carboxylic acids is 1. The van der Waals surface area contributed by atoms with Gasteiger partial charge >= 0.3 is 11.6 Å². The molecule has 1 heterocycles. The SMILES string of the molecule is CC(=O)Nc1ccc2oc(=O)c(C(=O)O)cc2c1. The molecule has 6 nitrogen and oxygen atoms in total. The molecule has 0 aliphatic rings. The first-order valence-electron chi connectivity index (χ1n) is 5.06. The standard InChI is InChI=1S/C12H9NO5/c1-6(14)13-8-2-3-10-7(4-8)5-9(11(15)16)12(17)18-10/h2-5H,1H3,(H,13,14)(H,15,16). The molecule has 0 spiro atoms. The third-order valence-corrected chi connectivity index (χ3v) is 2.28. The summed E-state index contributed by atoms with van der Waals surface area (Å²) in [4.78, 5) is 33.0. The van der Waals surface area contributed by atoms with Gasteiger partial charge in [-0.15, -0.1) is 0 Å². The molecule has 0 saturated carbocycles. The molecule has 0 unspecified atom stereocenters. The molecule has 2 rings (SSSR count). The lowest BCUT2D eigenvalue weighted by Crippen LogP contribution is -2.13. The molecule has 0 aliphatic heterocycles. The second kappa shape index (κ2) is 4.33. The van der Waals surface area contributed by atoms with Crippen molar-refractivity contribution < 1.29 is 19.1 Å². The summed E-state index contributed by atoms with van der Waals surface area (Å²) in [6, 6.07) is 5.81. The van der Waals surface area contributed by atoms with Crippen LogP contribution in [0.5, 0.6) is 0 Å². The van der Waals surface area contributed by atoms with Gasteiger partial charge in [0.15, 0.2) is 0 Å². The number of benzene rings is 1. The second-order valence-corrected chi connectivity index (χ2v) is 3.69. The van der Waals surface area contributed by atoms with Gasteiger partial charge in [0.25, 0.3) is 0 Å². The zero-order valence-electron chi connectivity index (χ0n) is 9.39. The summed E-state index contributed by atoms with van der Waals surface area (Å²) < 4.78 is 4.86. The number of nitrogens with one attached hydrogen (secondary N) is 1. The molecule has 0 saturated heterocycles. The van der Waals surface area contributed by atoms with E-state index in [0.29, 0.717) is 11.1 Å². The molecule has 1 aromatic carbocycles. The molecule has 2 N–H and O–H groups in total. The molecular formula is C12H9NO5. The van der Waals surface area contributed by atoms with Crippen molar-refractivity contribution in [3.8, 4) is 0 Å². The quantitative estimate of drug-likeness (QED) is 0.783. The van der Waals surface area contributed by atoms with Crippen LogP contribution in [0.3, 0.4) is 0 Å². The number of amides is 1. The van der Waals surface area contributed by atoms with Crippen molar-refractivity contribution in [1.29, 1.82) is 0 Å². The summed E-state index contributed by atoms with van der Waals surface area (Å²) in [6.07, 6.45) is 0. The van der Waals surface area contributed by atoms with Gasteiger partial charge in [-0.1, -0.05) is 0 Å². The molecule has 0 aliphatic carbocycles. The van der Waals surface area contributed by atoms with E-state index in [9.17, 15) is 14.4 Å². The highest BCUT2D eigenvalue weighted by Gasteiger charge is 2.12. The van der Waals surface area contributed by atoms with Crippen LogP contribution in [0.4, 0.5) is 5.69 Å². The van der Waals surface area contributed by atoms with Crippen LogP contribution in [-0.4, -0.2) is 17.0 Å². The Bertz CT molecular complexity index is 701. The normalized spacial score (nSPS) is 10.3. The lowest BCUT2D eigenvalue weighted by atomic mass is 10.1. The van der Waals surface area contributed by atoms with Gasteiger partial charge in [0, 0.05) is 18.0 Å². The van der Waals surface area contributed by atoms with E-state index in [-0.39, 0.29) is 11.5 Å². The number of fused-ring (bicyclic) bond motifs is 1. The van der Waals surface area contributed by atoms with E-state index in [0.717, 1.165) is 0 Å². The highest BCUT2D eigenvalue weighted by atomic mass is 16.4. The van der Waals surface area contributed by atoms with Crippen molar-refractivity contribution in [1.82, 2.24) is 0 Å². The van der Waals surface area contributed by atoms with E-state index in [1.54, 1.807) is 6.07 Å². The van der Waals surface area contributed by atoms with Crippen LogP contribution in [0.15, 0.2) is 33.5 Å². The third kappa shape index (κ3) is 2.22. The van der Waals surface area contributed by atoms with Crippen LogP contribution in [0.1, 0.15) is 17.3 Å². The maximum atomic E-state index is 11.3. The van der Waals surface area contributed by atoms with E-state index >= 15 is 0 Å². The Hall–Kier alpha value is -2.63. The first-order valence-corrected chi connectivity index (χ1v) is 5.06. The zero-order valence-corrected chi connectivity index (χ0v) is 9.39. The Morgan fingerprint density at radius 1 is 1.28 bits per heavy atom. The second-order valence-electron chi connectivity index (χ2n) is 3.69. The van der Waals surface area contributed by atoms with Crippen LogP contribution in [0.25, 0.3) is 11.0 Å². The molecule has 92 valence electrons. The molecule has 0 fully saturated rings. The van der Waals surface area contributed by atoms with Gasteiger partial charge in [-0.2, -0.15) is 0 Å². The fourth-order valence-corrected chi connectivity index (χ4v) is 1.55. The van der Waals surface area contributed by atoms with Crippen molar-refractivity contribution in [2.75, 3.05) is 5.32 Å². The number of anilines is 1. The predicted octanol–water partition coefficient (Wildman–Crippen LogP) is 1.45. The van der Waals surface area contributed by atoms with Gasteiger partial charge in [-0.3, -0.25) is 4.79 Å². The molecule has 0 bridgehead atoms.